The summed E-state index contributed by atoms with van der Waals surface area (Å²) >= 11 is 0. The fraction of sp³-hybridized carbons (Fsp3) is 0.455. The van der Waals surface area contributed by atoms with Crippen LogP contribution in [0.4, 0.5) is 14.5 Å². The summed E-state index contributed by atoms with van der Waals surface area (Å²) in [5.74, 6) is -1.80. The van der Waals surface area contributed by atoms with E-state index in [1.54, 1.807) is 0 Å². The van der Waals surface area contributed by atoms with Crippen molar-refractivity contribution in [2.24, 2.45) is 0 Å². The van der Waals surface area contributed by atoms with Crippen molar-refractivity contribution < 1.29 is 18.6 Å². The Kier molecular flexibility index (Phi) is 5.14. The van der Waals surface area contributed by atoms with Gasteiger partial charge in [-0.25, -0.2) is 8.78 Å². The quantitative estimate of drug-likeness (QED) is 0.784. The van der Waals surface area contributed by atoms with E-state index in [0.717, 1.165) is 12.1 Å². The zero-order valence-electron chi connectivity index (χ0n) is 9.04. The highest BCUT2D eigenvalue weighted by Crippen LogP contribution is 2.12. The minimum Gasteiger partial charge on any atom is -0.389 e. The first-order valence-corrected chi connectivity index (χ1v) is 5.08. The summed E-state index contributed by atoms with van der Waals surface area (Å²) in [6, 6.07) is 3.49. The molecule has 0 aliphatic rings. The predicted octanol–water partition coefficient (Wildman–Crippen LogP) is 1.77. The summed E-state index contributed by atoms with van der Waals surface area (Å²) < 4.78 is 30.4. The molecule has 2 N–H and O–H groups in total. The number of ether oxygens (including phenoxy) is 1. The van der Waals surface area contributed by atoms with Gasteiger partial charge in [-0.15, -0.1) is 0 Å². The maximum atomic E-state index is 12.8. The molecule has 0 saturated heterocycles. The molecule has 0 radical (unpaired) electrons. The van der Waals surface area contributed by atoms with E-state index in [-0.39, 0.29) is 13.2 Å². The van der Waals surface area contributed by atoms with Crippen LogP contribution in [0.25, 0.3) is 0 Å². The zero-order chi connectivity index (χ0) is 12.0. The average Bonchev–Trinajstić information content (AvgIpc) is 2.28. The van der Waals surface area contributed by atoms with Crippen molar-refractivity contribution in [1.82, 2.24) is 0 Å². The Bertz CT molecular complexity index is 334. The second-order valence-electron chi connectivity index (χ2n) is 3.32. The lowest BCUT2D eigenvalue weighted by Gasteiger charge is -2.12. The molecule has 0 aromatic heterocycles. The van der Waals surface area contributed by atoms with Crippen molar-refractivity contribution in [3.63, 3.8) is 0 Å². The second kappa shape index (κ2) is 6.40. The van der Waals surface area contributed by atoms with Crippen LogP contribution in [0.2, 0.25) is 0 Å². The zero-order valence-corrected chi connectivity index (χ0v) is 9.04. The molecule has 1 rings (SSSR count). The van der Waals surface area contributed by atoms with Crippen LogP contribution in [0.1, 0.15) is 6.92 Å². The molecule has 16 heavy (non-hydrogen) atoms. The van der Waals surface area contributed by atoms with Gasteiger partial charge in [0.2, 0.25) is 0 Å². The van der Waals surface area contributed by atoms with E-state index in [0.29, 0.717) is 12.3 Å². The van der Waals surface area contributed by atoms with E-state index in [2.05, 4.69) is 5.32 Å². The van der Waals surface area contributed by atoms with Crippen molar-refractivity contribution in [3.05, 3.63) is 29.8 Å². The molecule has 0 aliphatic carbocycles. The molecule has 0 saturated carbocycles. The lowest BCUT2D eigenvalue weighted by molar-refractivity contribution is 0.0496. The van der Waals surface area contributed by atoms with Gasteiger partial charge < -0.3 is 15.2 Å². The van der Waals surface area contributed by atoms with Crippen LogP contribution < -0.4 is 5.32 Å². The van der Waals surface area contributed by atoms with E-state index in [9.17, 15) is 13.9 Å². The Labute approximate surface area is 93.0 Å². The molecule has 1 aromatic rings. The van der Waals surface area contributed by atoms with Crippen LogP contribution in [-0.2, 0) is 4.74 Å². The first-order valence-electron chi connectivity index (χ1n) is 5.08. The van der Waals surface area contributed by atoms with Gasteiger partial charge in [-0.1, -0.05) is 0 Å². The number of aliphatic hydroxyl groups is 1. The highest BCUT2D eigenvalue weighted by molar-refractivity contribution is 5.43. The molecule has 0 aliphatic heterocycles. The number of rotatable bonds is 6. The predicted molar refractivity (Wildman–Crippen MR) is 57.3 cm³/mol. The standard InChI is InChI=1S/C11H15F2NO2/c1-2-16-7-9(15)6-14-8-3-4-10(12)11(13)5-8/h3-5,9,14-15H,2,6-7H2,1H3. The van der Waals surface area contributed by atoms with Gasteiger partial charge in [0, 0.05) is 24.9 Å². The Hall–Kier alpha value is -1.20. The largest absolute Gasteiger partial charge is 0.389 e. The van der Waals surface area contributed by atoms with Crippen molar-refractivity contribution in [1.29, 1.82) is 0 Å². The maximum Gasteiger partial charge on any atom is 0.160 e. The molecule has 0 bridgehead atoms. The molecule has 0 heterocycles. The SMILES string of the molecule is CCOCC(O)CNc1ccc(F)c(F)c1. The van der Waals surface area contributed by atoms with Gasteiger partial charge in [0.25, 0.3) is 0 Å². The summed E-state index contributed by atoms with van der Waals surface area (Å²) in [7, 11) is 0. The number of nitrogens with one attached hydrogen (secondary N) is 1. The van der Waals surface area contributed by atoms with Crippen molar-refractivity contribution >= 4 is 5.69 Å². The number of halogens is 2. The van der Waals surface area contributed by atoms with E-state index in [4.69, 9.17) is 4.74 Å². The van der Waals surface area contributed by atoms with Crippen LogP contribution in [0, 0.1) is 11.6 Å². The molecule has 3 nitrogen and oxygen atoms in total. The smallest absolute Gasteiger partial charge is 0.160 e. The third kappa shape index (κ3) is 4.12. The first kappa shape index (κ1) is 12.9. The molecule has 1 atom stereocenters. The average molecular weight is 231 g/mol. The Balaban J connectivity index is 2.39. The molecule has 0 amide bonds. The van der Waals surface area contributed by atoms with Crippen molar-refractivity contribution in [3.8, 4) is 0 Å². The van der Waals surface area contributed by atoms with Gasteiger partial charge in [-0.05, 0) is 19.1 Å². The molecule has 0 fully saturated rings. The Morgan fingerprint density at radius 1 is 1.38 bits per heavy atom. The lowest BCUT2D eigenvalue weighted by Crippen LogP contribution is -2.24. The normalized spacial score (nSPS) is 12.5. The van der Waals surface area contributed by atoms with Crippen molar-refractivity contribution in [2.75, 3.05) is 25.1 Å². The van der Waals surface area contributed by atoms with Gasteiger partial charge in [-0.2, -0.15) is 0 Å². The van der Waals surface area contributed by atoms with Gasteiger partial charge in [0.15, 0.2) is 11.6 Å². The van der Waals surface area contributed by atoms with E-state index < -0.39 is 17.7 Å². The summed E-state index contributed by atoms with van der Waals surface area (Å²) in [4.78, 5) is 0. The monoisotopic (exact) mass is 231 g/mol. The molecule has 90 valence electrons. The van der Waals surface area contributed by atoms with Crippen molar-refractivity contribution in [2.45, 2.75) is 13.0 Å². The van der Waals surface area contributed by atoms with Crippen LogP contribution in [-0.4, -0.2) is 31.0 Å². The highest BCUT2D eigenvalue weighted by atomic mass is 19.2. The minimum atomic E-state index is -0.913. The molecule has 5 heteroatoms. The van der Waals surface area contributed by atoms with Crippen LogP contribution in [0.3, 0.4) is 0 Å². The second-order valence-corrected chi connectivity index (χ2v) is 3.32. The number of hydrogen-bond acceptors (Lipinski definition) is 3. The summed E-state index contributed by atoms with van der Waals surface area (Å²) in [5.41, 5.74) is 0.425. The first-order chi connectivity index (χ1) is 7.63. The van der Waals surface area contributed by atoms with Crippen LogP contribution in [0.15, 0.2) is 18.2 Å². The number of hydrogen-bond donors (Lipinski definition) is 2. The minimum absolute atomic E-state index is 0.215. The summed E-state index contributed by atoms with van der Waals surface area (Å²) in [6.45, 7) is 2.80. The van der Waals surface area contributed by atoms with E-state index in [1.165, 1.54) is 6.07 Å². The van der Waals surface area contributed by atoms with Crippen LogP contribution >= 0.6 is 0 Å². The Morgan fingerprint density at radius 3 is 2.75 bits per heavy atom. The summed E-state index contributed by atoms with van der Waals surface area (Å²) in [6.07, 6.45) is -0.673. The molecular formula is C11H15F2NO2. The van der Waals surface area contributed by atoms with Crippen LogP contribution in [0.5, 0.6) is 0 Å². The molecule has 1 unspecified atom stereocenters. The highest BCUT2D eigenvalue weighted by Gasteiger charge is 2.05. The van der Waals surface area contributed by atoms with Gasteiger partial charge in [0.1, 0.15) is 0 Å². The van der Waals surface area contributed by atoms with E-state index >= 15 is 0 Å². The maximum absolute atomic E-state index is 12.8. The van der Waals surface area contributed by atoms with Gasteiger partial charge in [0.05, 0.1) is 12.7 Å². The lowest BCUT2D eigenvalue weighted by atomic mass is 10.3. The molecular weight excluding hydrogens is 216 g/mol. The van der Waals surface area contributed by atoms with Gasteiger partial charge in [-0.3, -0.25) is 0 Å². The fourth-order valence-corrected chi connectivity index (χ4v) is 1.15. The molecule has 1 aromatic carbocycles. The third-order valence-corrected chi connectivity index (χ3v) is 1.98. The number of aliphatic hydroxyl groups excluding tert-OH is 1. The Morgan fingerprint density at radius 2 is 2.12 bits per heavy atom. The topological polar surface area (TPSA) is 41.5 Å². The molecule has 0 spiro atoms. The van der Waals surface area contributed by atoms with Gasteiger partial charge >= 0.3 is 0 Å². The van der Waals surface area contributed by atoms with E-state index in [1.807, 2.05) is 6.92 Å². The fourth-order valence-electron chi connectivity index (χ4n) is 1.15. The third-order valence-electron chi connectivity index (χ3n) is 1.98. The summed E-state index contributed by atoms with van der Waals surface area (Å²) in [5, 5.41) is 12.2. The number of benzene rings is 1. The number of anilines is 1.